The molecule has 10 nitrogen and oxygen atoms in total. The molecule has 0 saturated carbocycles. The van der Waals surface area contributed by atoms with Crippen molar-refractivity contribution in [1.29, 1.82) is 0 Å². The fourth-order valence-corrected chi connectivity index (χ4v) is 3.65. The van der Waals surface area contributed by atoms with Gasteiger partial charge >= 0.3 is 0 Å². The molecule has 0 aliphatic heterocycles. The second kappa shape index (κ2) is 9.26. The van der Waals surface area contributed by atoms with Gasteiger partial charge in [-0.3, -0.25) is 4.79 Å². The van der Waals surface area contributed by atoms with Crippen LogP contribution in [0.1, 0.15) is 18.4 Å². The Balaban J connectivity index is 1.86. The standard InChI is InChI=1S/C24H25N5O5/c1-13-21-24(34-18-11-19(31-4)22(33-6)20(12-18)32-5)27-23(28-29(21)14(2)25-13)16-8-7-9-17(10-16)26-15(3)30/h7-12H,1-6H3,(H,26,30). The van der Waals surface area contributed by atoms with Crippen LogP contribution in [-0.2, 0) is 4.79 Å². The van der Waals surface area contributed by atoms with Gasteiger partial charge in [0.05, 0.1) is 27.0 Å². The molecule has 2 aromatic carbocycles. The molecule has 0 fully saturated rings. The van der Waals surface area contributed by atoms with Crippen LogP contribution in [0.4, 0.5) is 5.69 Å². The lowest BCUT2D eigenvalue weighted by Gasteiger charge is -2.15. The van der Waals surface area contributed by atoms with Gasteiger partial charge in [0.15, 0.2) is 22.8 Å². The van der Waals surface area contributed by atoms with Crippen LogP contribution in [0.15, 0.2) is 36.4 Å². The van der Waals surface area contributed by atoms with Crippen molar-refractivity contribution >= 4 is 17.1 Å². The number of hydrogen-bond donors (Lipinski definition) is 1. The van der Waals surface area contributed by atoms with Gasteiger partial charge in [0.1, 0.15) is 11.6 Å². The van der Waals surface area contributed by atoms with E-state index in [1.807, 2.05) is 26.0 Å². The summed E-state index contributed by atoms with van der Waals surface area (Å²) < 4.78 is 24.2. The zero-order chi connectivity index (χ0) is 24.4. The zero-order valence-electron chi connectivity index (χ0n) is 19.8. The Bertz CT molecular complexity index is 1360. The smallest absolute Gasteiger partial charge is 0.249 e. The number of nitrogens with zero attached hydrogens (tertiary/aromatic N) is 4. The Morgan fingerprint density at radius 3 is 2.29 bits per heavy atom. The van der Waals surface area contributed by atoms with Gasteiger partial charge < -0.3 is 24.3 Å². The highest BCUT2D eigenvalue weighted by Crippen LogP contribution is 2.42. The van der Waals surface area contributed by atoms with E-state index in [0.29, 0.717) is 57.3 Å². The zero-order valence-corrected chi connectivity index (χ0v) is 19.8. The summed E-state index contributed by atoms with van der Waals surface area (Å²) in [4.78, 5) is 20.7. The molecule has 1 N–H and O–H groups in total. The minimum Gasteiger partial charge on any atom is -0.493 e. The second-order valence-corrected chi connectivity index (χ2v) is 7.47. The Kier molecular flexibility index (Phi) is 6.22. The third-order valence-electron chi connectivity index (χ3n) is 5.09. The maximum Gasteiger partial charge on any atom is 0.249 e. The normalized spacial score (nSPS) is 10.8. The van der Waals surface area contributed by atoms with Crippen LogP contribution in [0.3, 0.4) is 0 Å². The monoisotopic (exact) mass is 463 g/mol. The van der Waals surface area contributed by atoms with Gasteiger partial charge in [0.25, 0.3) is 0 Å². The summed E-state index contributed by atoms with van der Waals surface area (Å²) in [5.41, 5.74) is 2.69. The Morgan fingerprint density at radius 2 is 1.68 bits per heavy atom. The van der Waals surface area contributed by atoms with Crippen molar-refractivity contribution in [2.45, 2.75) is 20.8 Å². The number of anilines is 1. The number of aryl methyl sites for hydroxylation is 2. The fourth-order valence-electron chi connectivity index (χ4n) is 3.65. The summed E-state index contributed by atoms with van der Waals surface area (Å²) >= 11 is 0. The molecule has 176 valence electrons. The summed E-state index contributed by atoms with van der Waals surface area (Å²) in [6.45, 7) is 5.18. The molecule has 0 unspecified atom stereocenters. The third kappa shape index (κ3) is 4.29. The highest BCUT2D eigenvalue weighted by Gasteiger charge is 2.20. The van der Waals surface area contributed by atoms with E-state index in [1.165, 1.54) is 28.3 Å². The number of aromatic nitrogens is 4. The van der Waals surface area contributed by atoms with Crippen molar-refractivity contribution in [2.24, 2.45) is 0 Å². The minimum absolute atomic E-state index is 0.166. The number of ether oxygens (including phenoxy) is 4. The van der Waals surface area contributed by atoms with E-state index >= 15 is 0 Å². The molecule has 0 aliphatic carbocycles. The first-order valence-corrected chi connectivity index (χ1v) is 10.4. The molecular formula is C24H25N5O5. The largest absolute Gasteiger partial charge is 0.493 e. The number of fused-ring (bicyclic) bond motifs is 1. The molecule has 1 amide bonds. The van der Waals surface area contributed by atoms with Crippen LogP contribution >= 0.6 is 0 Å². The van der Waals surface area contributed by atoms with Gasteiger partial charge in [-0.05, 0) is 26.0 Å². The van der Waals surface area contributed by atoms with Crippen molar-refractivity contribution in [3.63, 3.8) is 0 Å². The molecule has 0 bridgehead atoms. The first-order chi connectivity index (χ1) is 16.3. The average molecular weight is 463 g/mol. The number of carbonyl (C=O) groups is 1. The molecule has 0 radical (unpaired) electrons. The van der Waals surface area contributed by atoms with Gasteiger partial charge in [0, 0.05) is 30.3 Å². The number of methoxy groups -OCH3 is 3. The molecule has 2 aromatic heterocycles. The van der Waals surface area contributed by atoms with Crippen LogP contribution in [0.5, 0.6) is 28.9 Å². The van der Waals surface area contributed by atoms with E-state index in [0.717, 1.165) is 5.69 Å². The maximum absolute atomic E-state index is 11.5. The van der Waals surface area contributed by atoms with E-state index in [-0.39, 0.29) is 5.91 Å². The predicted octanol–water partition coefficient (Wildman–Crippen LogP) is 4.18. The molecule has 2 heterocycles. The van der Waals surface area contributed by atoms with Crippen molar-refractivity contribution in [1.82, 2.24) is 19.6 Å². The van der Waals surface area contributed by atoms with E-state index < -0.39 is 0 Å². The molecule has 10 heteroatoms. The van der Waals surface area contributed by atoms with E-state index in [2.05, 4.69) is 15.4 Å². The van der Waals surface area contributed by atoms with E-state index in [9.17, 15) is 4.79 Å². The van der Waals surface area contributed by atoms with Crippen LogP contribution in [0, 0.1) is 13.8 Å². The lowest BCUT2D eigenvalue weighted by atomic mass is 10.2. The van der Waals surface area contributed by atoms with Crippen LogP contribution in [0.2, 0.25) is 0 Å². The highest BCUT2D eigenvalue weighted by molar-refractivity contribution is 5.89. The first-order valence-electron chi connectivity index (χ1n) is 10.4. The van der Waals surface area contributed by atoms with Crippen LogP contribution < -0.4 is 24.3 Å². The summed E-state index contributed by atoms with van der Waals surface area (Å²) in [7, 11) is 4.61. The van der Waals surface area contributed by atoms with Gasteiger partial charge in [-0.1, -0.05) is 12.1 Å². The molecule has 4 rings (SSSR count). The molecule has 0 saturated heterocycles. The van der Waals surface area contributed by atoms with Gasteiger partial charge in [0.2, 0.25) is 17.5 Å². The topological polar surface area (TPSA) is 109 Å². The Morgan fingerprint density at radius 1 is 0.971 bits per heavy atom. The van der Waals surface area contributed by atoms with E-state index in [1.54, 1.807) is 28.8 Å². The number of hydrogen-bond acceptors (Lipinski definition) is 8. The number of rotatable bonds is 7. The van der Waals surface area contributed by atoms with Gasteiger partial charge in [-0.15, -0.1) is 5.10 Å². The SMILES string of the molecule is COc1cc(Oc2nc(-c3cccc(NC(C)=O)c3)nn3c(C)nc(C)c23)cc(OC)c1OC. The molecule has 0 atom stereocenters. The highest BCUT2D eigenvalue weighted by atomic mass is 16.5. The summed E-state index contributed by atoms with van der Waals surface area (Å²) in [5.74, 6) is 3.02. The van der Waals surface area contributed by atoms with Crippen molar-refractivity contribution in [2.75, 3.05) is 26.6 Å². The molecule has 4 aromatic rings. The number of nitrogens with one attached hydrogen (secondary N) is 1. The molecule has 0 spiro atoms. The Hall–Kier alpha value is -4.34. The van der Waals surface area contributed by atoms with Gasteiger partial charge in [-0.25, -0.2) is 9.50 Å². The lowest BCUT2D eigenvalue weighted by Crippen LogP contribution is -2.06. The maximum atomic E-state index is 11.5. The quantitative estimate of drug-likeness (QED) is 0.435. The number of imidazole rings is 1. The number of benzene rings is 2. The molecule has 34 heavy (non-hydrogen) atoms. The van der Waals surface area contributed by atoms with Crippen molar-refractivity contribution < 1.29 is 23.7 Å². The predicted molar refractivity (Wildman–Crippen MR) is 126 cm³/mol. The van der Waals surface area contributed by atoms with Crippen LogP contribution in [-0.4, -0.2) is 46.8 Å². The first kappa shape index (κ1) is 22.8. The lowest BCUT2D eigenvalue weighted by molar-refractivity contribution is -0.114. The third-order valence-corrected chi connectivity index (χ3v) is 5.09. The molecular weight excluding hydrogens is 438 g/mol. The fraction of sp³-hybridized carbons (Fsp3) is 0.250. The summed E-state index contributed by atoms with van der Waals surface area (Å²) in [5, 5.41) is 7.44. The summed E-state index contributed by atoms with van der Waals surface area (Å²) in [6, 6.07) is 10.6. The van der Waals surface area contributed by atoms with E-state index in [4.69, 9.17) is 23.9 Å². The number of carbonyl (C=O) groups excluding carboxylic acids is 1. The van der Waals surface area contributed by atoms with Gasteiger partial charge in [-0.2, -0.15) is 4.98 Å². The molecule has 0 aliphatic rings. The number of amides is 1. The van der Waals surface area contributed by atoms with Crippen LogP contribution in [0.25, 0.3) is 16.9 Å². The average Bonchev–Trinajstić information content (AvgIpc) is 3.11. The summed E-state index contributed by atoms with van der Waals surface area (Å²) in [6.07, 6.45) is 0. The van der Waals surface area contributed by atoms with Crippen molar-refractivity contribution in [3.8, 4) is 40.3 Å². The second-order valence-electron chi connectivity index (χ2n) is 7.47. The Labute approximate surface area is 196 Å². The minimum atomic E-state index is -0.166. The van der Waals surface area contributed by atoms with Crippen molar-refractivity contribution in [3.05, 3.63) is 47.9 Å².